The van der Waals surface area contributed by atoms with E-state index in [4.69, 9.17) is 4.42 Å². The van der Waals surface area contributed by atoms with Gasteiger partial charge in [0.05, 0.1) is 11.2 Å². The number of thiazole rings is 1. The molecule has 3 rings (SSSR count). The molecule has 1 unspecified atom stereocenters. The largest absolute Gasteiger partial charge is 0.418 e. The Bertz CT molecular complexity index is 707. The van der Waals surface area contributed by atoms with E-state index in [2.05, 4.69) is 27.4 Å². The van der Waals surface area contributed by atoms with Crippen LogP contribution in [-0.4, -0.2) is 21.7 Å². The zero-order valence-corrected chi connectivity index (χ0v) is 12.7. The van der Waals surface area contributed by atoms with Crippen molar-refractivity contribution in [2.75, 3.05) is 6.54 Å². The molecule has 0 aliphatic rings. The lowest BCUT2D eigenvalue weighted by atomic mass is 10.1. The van der Waals surface area contributed by atoms with Crippen molar-refractivity contribution in [3.05, 3.63) is 53.0 Å². The number of nitrogens with one attached hydrogen (secondary N) is 1. The summed E-state index contributed by atoms with van der Waals surface area (Å²) in [5, 5.41) is 12.7. The number of hydrogen-bond acceptors (Lipinski definition) is 6. The van der Waals surface area contributed by atoms with Crippen LogP contribution < -0.4 is 5.32 Å². The van der Waals surface area contributed by atoms with Crippen LogP contribution in [0.15, 0.2) is 40.9 Å². The van der Waals surface area contributed by atoms with Crippen molar-refractivity contribution in [1.82, 2.24) is 20.5 Å². The van der Waals surface area contributed by atoms with E-state index in [1.807, 2.05) is 37.3 Å². The molecule has 0 radical (unpaired) electrons. The van der Waals surface area contributed by atoms with E-state index in [0.717, 1.165) is 22.0 Å². The summed E-state index contributed by atoms with van der Waals surface area (Å²) in [6.07, 6.45) is 1.77. The van der Waals surface area contributed by atoms with Crippen LogP contribution in [-0.2, 0) is 0 Å². The highest BCUT2D eigenvalue weighted by Crippen LogP contribution is 2.27. The van der Waals surface area contributed by atoms with Gasteiger partial charge < -0.3 is 9.73 Å². The van der Waals surface area contributed by atoms with Crippen LogP contribution in [0.25, 0.3) is 10.8 Å². The third-order valence-electron chi connectivity index (χ3n) is 3.06. The molecule has 0 bridgehead atoms. The van der Waals surface area contributed by atoms with Crippen molar-refractivity contribution < 1.29 is 4.42 Å². The van der Waals surface area contributed by atoms with Crippen molar-refractivity contribution in [3.8, 4) is 10.8 Å². The summed E-state index contributed by atoms with van der Waals surface area (Å²) in [5.41, 5.74) is 1.11. The second-order valence-electron chi connectivity index (χ2n) is 4.59. The first-order valence-corrected chi connectivity index (χ1v) is 7.64. The quantitative estimate of drug-likeness (QED) is 0.784. The summed E-state index contributed by atoms with van der Waals surface area (Å²) in [7, 11) is 0. The molecule has 0 aliphatic carbocycles. The topological polar surface area (TPSA) is 63.8 Å². The fourth-order valence-corrected chi connectivity index (χ4v) is 2.81. The van der Waals surface area contributed by atoms with Crippen LogP contribution >= 0.6 is 11.3 Å². The second-order valence-corrected chi connectivity index (χ2v) is 5.83. The predicted octanol–water partition coefficient (Wildman–Crippen LogP) is 3.20. The van der Waals surface area contributed by atoms with Crippen LogP contribution in [0.4, 0.5) is 0 Å². The molecule has 21 heavy (non-hydrogen) atoms. The fraction of sp³-hybridized carbons (Fsp3) is 0.267. The monoisotopic (exact) mass is 300 g/mol. The molecule has 1 aromatic carbocycles. The summed E-state index contributed by atoms with van der Waals surface area (Å²) in [6, 6.07) is 10.0. The van der Waals surface area contributed by atoms with Gasteiger partial charge in [-0.05, 0) is 19.0 Å². The van der Waals surface area contributed by atoms with Gasteiger partial charge in [0, 0.05) is 0 Å². The Morgan fingerprint density at radius 1 is 1.24 bits per heavy atom. The lowest BCUT2D eigenvalue weighted by Gasteiger charge is -2.13. The fourth-order valence-electron chi connectivity index (χ4n) is 2.11. The Morgan fingerprint density at radius 2 is 2.05 bits per heavy atom. The van der Waals surface area contributed by atoms with Gasteiger partial charge in [-0.1, -0.05) is 37.3 Å². The predicted molar refractivity (Wildman–Crippen MR) is 82.1 cm³/mol. The Hall–Kier alpha value is -2.05. The molecular formula is C15H16N4OS. The Morgan fingerprint density at radius 3 is 2.71 bits per heavy atom. The molecule has 5 nitrogen and oxygen atoms in total. The van der Waals surface area contributed by atoms with Gasteiger partial charge in [-0.3, -0.25) is 0 Å². The highest BCUT2D eigenvalue weighted by molar-refractivity contribution is 7.14. The van der Waals surface area contributed by atoms with Crippen molar-refractivity contribution >= 4 is 11.3 Å². The molecule has 2 heterocycles. The number of aromatic nitrogens is 3. The smallest absolute Gasteiger partial charge is 0.259 e. The molecule has 3 aromatic rings. The molecule has 0 saturated heterocycles. The van der Waals surface area contributed by atoms with Gasteiger partial charge in [-0.15, -0.1) is 21.5 Å². The van der Waals surface area contributed by atoms with Crippen LogP contribution in [0.1, 0.15) is 29.4 Å². The Labute approximate surface area is 127 Å². The van der Waals surface area contributed by atoms with E-state index in [0.29, 0.717) is 11.8 Å². The van der Waals surface area contributed by atoms with E-state index in [1.54, 1.807) is 17.5 Å². The van der Waals surface area contributed by atoms with Gasteiger partial charge in [0.15, 0.2) is 0 Å². The van der Waals surface area contributed by atoms with Crippen molar-refractivity contribution in [1.29, 1.82) is 0 Å². The minimum Gasteiger partial charge on any atom is -0.418 e. The summed E-state index contributed by atoms with van der Waals surface area (Å²) in [6.45, 7) is 4.83. The van der Waals surface area contributed by atoms with Gasteiger partial charge in [-0.2, -0.15) is 0 Å². The molecule has 0 saturated carbocycles. The molecule has 0 amide bonds. The molecular weight excluding hydrogens is 284 g/mol. The standard InChI is InChI=1S/C15H16N4OS/c1-3-16-13(11-7-5-4-6-8-11)15-19-18-14(20-15)12-9-17-10(2)21-12/h4-9,13,16H,3H2,1-2H3. The van der Waals surface area contributed by atoms with E-state index in [9.17, 15) is 0 Å². The molecule has 2 aromatic heterocycles. The van der Waals surface area contributed by atoms with Gasteiger partial charge in [0.1, 0.15) is 10.9 Å². The average molecular weight is 300 g/mol. The molecule has 0 fully saturated rings. The van der Waals surface area contributed by atoms with Crippen molar-refractivity contribution in [3.63, 3.8) is 0 Å². The third-order valence-corrected chi connectivity index (χ3v) is 3.96. The maximum Gasteiger partial charge on any atom is 0.259 e. The normalized spacial score (nSPS) is 12.5. The van der Waals surface area contributed by atoms with Gasteiger partial charge in [-0.25, -0.2) is 4.98 Å². The van der Waals surface area contributed by atoms with Gasteiger partial charge in [0.2, 0.25) is 5.89 Å². The van der Waals surface area contributed by atoms with Crippen LogP contribution in [0.2, 0.25) is 0 Å². The first kappa shape index (κ1) is 13.9. The Kier molecular flexibility index (Phi) is 4.08. The highest BCUT2D eigenvalue weighted by Gasteiger charge is 2.20. The average Bonchev–Trinajstić information content (AvgIpc) is 3.14. The minimum absolute atomic E-state index is 0.0912. The van der Waals surface area contributed by atoms with Crippen molar-refractivity contribution in [2.45, 2.75) is 19.9 Å². The van der Waals surface area contributed by atoms with Crippen LogP contribution in [0.3, 0.4) is 0 Å². The lowest BCUT2D eigenvalue weighted by molar-refractivity contribution is 0.445. The SMILES string of the molecule is CCNC(c1ccccc1)c1nnc(-c2cnc(C)s2)o1. The number of hydrogen-bond donors (Lipinski definition) is 1. The van der Waals surface area contributed by atoms with E-state index in [1.165, 1.54) is 0 Å². The summed E-state index contributed by atoms with van der Waals surface area (Å²) >= 11 is 1.55. The first-order valence-electron chi connectivity index (χ1n) is 6.82. The highest BCUT2D eigenvalue weighted by atomic mass is 32.1. The molecule has 108 valence electrons. The number of rotatable bonds is 5. The number of aryl methyl sites for hydroxylation is 1. The zero-order chi connectivity index (χ0) is 14.7. The maximum absolute atomic E-state index is 5.84. The third kappa shape index (κ3) is 3.01. The molecule has 0 aliphatic heterocycles. The minimum atomic E-state index is -0.0912. The van der Waals surface area contributed by atoms with Crippen LogP contribution in [0, 0.1) is 6.92 Å². The van der Waals surface area contributed by atoms with Gasteiger partial charge >= 0.3 is 0 Å². The summed E-state index contributed by atoms with van der Waals surface area (Å²) < 4.78 is 5.84. The van der Waals surface area contributed by atoms with Crippen LogP contribution in [0.5, 0.6) is 0 Å². The molecule has 1 atom stereocenters. The molecule has 6 heteroatoms. The Balaban J connectivity index is 1.92. The zero-order valence-electron chi connectivity index (χ0n) is 11.9. The summed E-state index contributed by atoms with van der Waals surface area (Å²) in [4.78, 5) is 5.11. The van der Waals surface area contributed by atoms with E-state index >= 15 is 0 Å². The van der Waals surface area contributed by atoms with Gasteiger partial charge in [0.25, 0.3) is 5.89 Å². The van der Waals surface area contributed by atoms with Crippen molar-refractivity contribution in [2.24, 2.45) is 0 Å². The van der Waals surface area contributed by atoms with E-state index < -0.39 is 0 Å². The maximum atomic E-state index is 5.84. The molecule has 0 spiro atoms. The number of nitrogens with zero attached hydrogens (tertiary/aromatic N) is 3. The number of benzene rings is 1. The second kappa shape index (κ2) is 6.15. The van der Waals surface area contributed by atoms with E-state index in [-0.39, 0.29) is 6.04 Å². The summed E-state index contributed by atoms with van der Waals surface area (Å²) in [5.74, 6) is 1.10. The lowest BCUT2D eigenvalue weighted by Crippen LogP contribution is -2.22. The first-order chi connectivity index (χ1) is 10.3. The molecule has 1 N–H and O–H groups in total.